The van der Waals surface area contributed by atoms with E-state index in [2.05, 4.69) is 0 Å². The molecule has 2 atom stereocenters. The van der Waals surface area contributed by atoms with Gasteiger partial charge in [0.25, 0.3) is 0 Å². The van der Waals surface area contributed by atoms with Crippen molar-refractivity contribution in [1.82, 2.24) is 0 Å². The van der Waals surface area contributed by atoms with E-state index in [9.17, 15) is 0 Å². The molecule has 1 heterocycles. The van der Waals surface area contributed by atoms with Gasteiger partial charge in [-0.1, -0.05) is 6.92 Å². The Labute approximate surface area is 49.5 Å². The van der Waals surface area contributed by atoms with E-state index in [1.165, 1.54) is 0 Å². The van der Waals surface area contributed by atoms with Gasteiger partial charge in [0.1, 0.15) is 0 Å². The molecule has 0 amide bonds. The van der Waals surface area contributed by atoms with Crippen molar-refractivity contribution < 1.29 is 9.84 Å². The van der Waals surface area contributed by atoms with Gasteiger partial charge in [0.2, 0.25) is 0 Å². The van der Waals surface area contributed by atoms with E-state index in [1.807, 2.05) is 6.92 Å². The van der Waals surface area contributed by atoms with Gasteiger partial charge in [-0.05, 0) is 12.8 Å². The van der Waals surface area contributed by atoms with Crippen LogP contribution < -0.4 is 0 Å². The third-order valence-electron chi connectivity index (χ3n) is 1.58. The molecule has 48 valence electrons. The summed E-state index contributed by atoms with van der Waals surface area (Å²) in [6, 6.07) is 0. The van der Waals surface area contributed by atoms with Gasteiger partial charge in [-0.3, -0.25) is 0 Å². The zero-order chi connectivity index (χ0) is 5.98. The molecule has 2 heteroatoms. The summed E-state index contributed by atoms with van der Waals surface area (Å²) in [6.45, 7) is 2.73. The summed E-state index contributed by atoms with van der Waals surface area (Å²) in [5, 5.41) is 8.96. The van der Waals surface area contributed by atoms with Crippen LogP contribution >= 0.6 is 0 Å². The molecule has 0 aromatic heterocycles. The molecular weight excluding hydrogens is 104 g/mol. The van der Waals surface area contributed by atoms with Gasteiger partial charge in [0.05, 0.1) is 0 Å². The SMILES string of the molecule is CC1CCCOC1O. The van der Waals surface area contributed by atoms with Crippen LogP contribution in [0.4, 0.5) is 0 Å². The van der Waals surface area contributed by atoms with Crippen LogP contribution in [0.5, 0.6) is 0 Å². The first-order valence-corrected chi connectivity index (χ1v) is 3.10. The van der Waals surface area contributed by atoms with Crippen molar-refractivity contribution in [2.75, 3.05) is 6.61 Å². The molecule has 2 nitrogen and oxygen atoms in total. The maximum Gasteiger partial charge on any atom is 0.157 e. The molecular formula is C6H12O2. The van der Waals surface area contributed by atoms with Crippen molar-refractivity contribution in [3.8, 4) is 0 Å². The Hall–Kier alpha value is -0.0800. The van der Waals surface area contributed by atoms with Gasteiger partial charge < -0.3 is 9.84 Å². The third kappa shape index (κ3) is 1.20. The minimum atomic E-state index is -0.497. The van der Waals surface area contributed by atoms with Gasteiger partial charge in [-0.2, -0.15) is 0 Å². The van der Waals surface area contributed by atoms with E-state index in [0.717, 1.165) is 19.4 Å². The largest absolute Gasteiger partial charge is 0.368 e. The fraction of sp³-hybridized carbons (Fsp3) is 1.00. The predicted octanol–water partition coefficient (Wildman–Crippen LogP) is 0.751. The number of aliphatic hydroxyl groups is 1. The van der Waals surface area contributed by atoms with E-state index in [-0.39, 0.29) is 0 Å². The Morgan fingerprint density at radius 2 is 2.38 bits per heavy atom. The first kappa shape index (κ1) is 6.05. The molecule has 2 unspecified atom stereocenters. The minimum absolute atomic E-state index is 0.337. The van der Waals surface area contributed by atoms with Crippen LogP contribution in [-0.4, -0.2) is 18.0 Å². The molecule has 1 aliphatic heterocycles. The van der Waals surface area contributed by atoms with Gasteiger partial charge in [0, 0.05) is 12.5 Å². The zero-order valence-corrected chi connectivity index (χ0v) is 5.13. The maximum atomic E-state index is 8.96. The number of aliphatic hydroxyl groups excluding tert-OH is 1. The lowest BCUT2D eigenvalue weighted by Crippen LogP contribution is -2.26. The lowest BCUT2D eigenvalue weighted by atomic mass is 10.0. The highest BCUT2D eigenvalue weighted by atomic mass is 16.6. The highest BCUT2D eigenvalue weighted by molar-refractivity contribution is 4.60. The molecule has 0 aromatic carbocycles. The molecule has 1 rings (SSSR count). The summed E-state index contributed by atoms with van der Waals surface area (Å²) < 4.78 is 4.95. The highest BCUT2D eigenvalue weighted by Crippen LogP contribution is 2.17. The summed E-state index contributed by atoms with van der Waals surface area (Å²) in [5.74, 6) is 0.337. The number of hydrogen-bond donors (Lipinski definition) is 1. The third-order valence-corrected chi connectivity index (χ3v) is 1.58. The molecule has 0 radical (unpaired) electrons. The normalized spacial score (nSPS) is 39.8. The van der Waals surface area contributed by atoms with Crippen molar-refractivity contribution in [3.63, 3.8) is 0 Å². The molecule has 0 aliphatic carbocycles. The predicted molar refractivity (Wildman–Crippen MR) is 30.4 cm³/mol. The molecule has 8 heavy (non-hydrogen) atoms. The van der Waals surface area contributed by atoms with Gasteiger partial charge in [-0.25, -0.2) is 0 Å². The minimum Gasteiger partial charge on any atom is -0.368 e. The second kappa shape index (κ2) is 2.46. The second-order valence-corrected chi connectivity index (χ2v) is 2.38. The van der Waals surface area contributed by atoms with Crippen LogP contribution in [0.1, 0.15) is 19.8 Å². The summed E-state index contributed by atoms with van der Waals surface area (Å²) in [5.41, 5.74) is 0. The standard InChI is InChI=1S/C6H12O2/c1-5-3-2-4-8-6(5)7/h5-7H,2-4H2,1H3. The Balaban J connectivity index is 2.28. The van der Waals surface area contributed by atoms with Crippen molar-refractivity contribution in [2.24, 2.45) is 5.92 Å². The Morgan fingerprint density at radius 3 is 2.75 bits per heavy atom. The first-order chi connectivity index (χ1) is 3.80. The molecule has 0 spiro atoms. The number of ether oxygens (including phenoxy) is 1. The molecule has 1 fully saturated rings. The molecule has 1 N–H and O–H groups in total. The van der Waals surface area contributed by atoms with Crippen molar-refractivity contribution in [3.05, 3.63) is 0 Å². The zero-order valence-electron chi connectivity index (χ0n) is 5.13. The number of rotatable bonds is 0. The Bertz CT molecular complexity index is 62.9. The lowest BCUT2D eigenvalue weighted by molar-refractivity contribution is -0.153. The number of hydrogen-bond acceptors (Lipinski definition) is 2. The van der Waals surface area contributed by atoms with Gasteiger partial charge in [0.15, 0.2) is 6.29 Å². The topological polar surface area (TPSA) is 29.5 Å². The van der Waals surface area contributed by atoms with Crippen LogP contribution in [0.15, 0.2) is 0 Å². The molecule has 0 saturated carbocycles. The van der Waals surface area contributed by atoms with E-state index in [4.69, 9.17) is 9.84 Å². The average molecular weight is 116 g/mol. The van der Waals surface area contributed by atoms with E-state index < -0.39 is 6.29 Å². The summed E-state index contributed by atoms with van der Waals surface area (Å²) in [7, 11) is 0. The quantitative estimate of drug-likeness (QED) is 0.506. The first-order valence-electron chi connectivity index (χ1n) is 3.10. The van der Waals surface area contributed by atoms with Crippen LogP contribution in [-0.2, 0) is 4.74 Å². The summed E-state index contributed by atoms with van der Waals surface area (Å²) in [6.07, 6.45) is 1.70. The molecule has 0 bridgehead atoms. The smallest absolute Gasteiger partial charge is 0.157 e. The van der Waals surface area contributed by atoms with Crippen molar-refractivity contribution in [1.29, 1.82) is 0 Å². The van der Waals surface area contributed by atoms with Gasteiger partial charge in [-0.15, -0.1) is 0 Å². The second-order valence-electron chi connectivity index (χ2n) is 2.38. The van der Waals surface area contributed by atoms with Crippen LogP contribution in [0.3, 0.4) is 0 Å². The van der Waals surface area contributed by atoms with E-state index >= 15 is 0 Å². The van der Waals surface area contributed by atoms with E-state index in [1.54, 1.807) is 0 Å². The van der Waals surface area contributed by atoms with Crippen molar-refractivity contribution in [2.45, 2.75) is 26.1 Å². The van der Waals surface area contributed by atoms with Crippen LogP contribution in [0.2, 0.25) is 0 Å². The van der Waals surface area contributed by atoms with Crippen molar-refractivity contribution >= 4 is 0 Å². The Morgan fingerprint density at radius 1 is 1.62 bits per heavy atom. The highest BCUT2D eigenvalue weighted by Gasteiger charge is 2.18. The van der Waals surface area contributed by atoms with Gasteiger partial charge >= 0.3 is 0 Å². The summed E-state index contributed by atoms with van der Waals surface area (Å²) in [4.78, 5) is 0. The summed E-state index contributed by atoms with van der Waals surface area (Å²) >= 11 is 0. The lowest BCUT2D eigenvalue weighted by Gasteiger charge is -2.23. The monoisotopic (exact) mass is 116 g/mol. The van der Waals surface area contributed by atoms with E-state index in [0.29, 0.717) is 5.92 Å². The maximum absolute atomic E-state index is 8.96. The van der Waals surface area contributed by atoms with Crippen LogP contribution in [0.25, 0.3) is 0 Å². The fourth-order valence-electron chi connectivity index (χ4n) is 0.916. The Kier molecular flexibility index (Phi) is 1.86. The molecule has 0 aromatic rings. The van der Waals surface area contributed by atoms with Crippen LogP contribution in [0, 0.1) is 5.92 Å². The average Bonchev–Trinajstić information content (AvgIpc) is 1.77. The molecule has 1 aliphatic rings. The fourth-order valence-corrected chi connectivity index (χ4v) is 0.916. The molecule has 1 saturated heterocycles.